The molecule has 0 spiro atoms. The number of pyridine rings is 1. The molecule has 0 atom stereocenters. The Bertz CT molecular complexity index is 399. The lowest BCUT2D eigenvalue weighted by molar-refractivity contribution is 0.0994. The standard InChI is InChI=1S/C10H12BrFN2O2/c1-16-4-2-3-6-5-7(12)9(11)14-8(6)10(13)15/h5H,2-4H2,1H3,(H2,13,15). The van der Waals surface area contributed by atoms with Crippen molar-refractivity contribution >= 4 is 21.8 Å². The maximum absolute atomic E-state index is 13.2. The number of nitrogens with zero attached hydrogens (tertiary/aromatic N) is 1. The zero-order valence-corrected chi connectivity index (χ0v) is 10.4. The third kappa shape index (κ3) is 3.24. The summed E-state index contributed by atoms with van der Waals surface area (Å²) in [5, 5.41) is 0. The van der Waals surface area contributed by atoms with Crippen molar-refractivity contribution in [3.8, 4) is 0 Å². The molecular weight excluding hydrogens is 279 g/mol. The maximum Gasteiger partial charge on any atom is 0.267 e. The van der Waals surface area contributed by atoms with Gasteiger partial charge in [-0.2, -0.15) is 0 Å². The van der Waals surface area contributed by atoms with Crippen LogP contribution >= 0.6 is 15.9 Å². The molecule has 0 aliphatic heterocycles. The summed E-state index contributed by atoms with van der Waals surface area (Å²) in [6, 6.07) is 1.27. The molecule has 1 rings (SSSR count). The highest BCUT2D eigenvalue weighted by Crippen LogP contribution is 2.18. The van der Waals surface area contributed by atoms with E-state index in [1.54, 1.807) is 7.11 Å². The number of ether oxygens (including phenoxy) is 1. The van der Waals surface area contributed by atoms with Gasteiger partial charge in [-0.25, -0.2) is 9.37 Å². The first kappa shape index (κ1) is 13.1. The van der Waals surface area contributed by atoms with Crippen molar-refractivity contribution in [2.24, 2.45) is 5.73 Å². The van der Waals surface area contributed by atoms with E-state index in [-0.39, 0.29) is 10.3 Å². The predicted octanol–water partition coefficient (Wildman–Crippen LogP) is 1.66. The van der Waals surface area contributed by atoms with Crippen molar-refractivity contribution in [2.75, 3.05) is 13.7 Å². The Morgan fingerprint density at radius 3 is 2.94 bits per heavy atom. The topological polar surface area (TPSA) is 65.2 Å². The normalized spacial score (nSPS) is 10.4. The first-order chi connectivity index (χ1) is 7.56. The summed E-state index contributed by atoms with van der Waals surface area (Å²) < 4.78 is 18.1. The first-order valence-corrected chi connectivity index (χ1v) is 5.49. The molecule has 0 saturated heterocycles. The van der Waals surface area contributed by atoms with Gasteiger partial charge in [-0.15, -0.1) is 0 Å². The van der Waals surface area contributed by atoms with Crippen LogP contribution < -0.4 is 5.73 Å². The Morgan fingerprint density at radius 1 is 1.69 bits per heavy atom. The van der Waals surface area contributed by atoms with Gasteiger partial charge in [0.1, 0.15) is 10.3 Å². The fourth-order valence-electron chi connectivity index (χ4n) is 1.32. The minimum absolute atomic E-state index is 0.00297. The highest BCUT2D eigenvalue weighted by atomic mass is 79.9. The Balaban J connectivity index is 2.95. The number of primary amides is 1. The molecule has 1 aromatic heterocycles. The number of hydrogen-bond donors (Lipinski definition) is 1. The highest BCUT2D eigenvalue weighted by molar-refractivity contribution is 9.10. The second kappa shape index (κ2) is 5.91. The van der Waals surface area contributed by atoms with E-state index in [2.05, 4.69) is 20.9 Å². The van der Waals surface area contributed by atoms with Crippen LogP contribution in [0.25, 0.3) is 0 Å². The summed E-state index contributed by atoms with van der Waals surface area (Å²) in [5.74, 6) is -1.16. The molecule has 0 aliphatic rings. The minimum Gasteiger partial charge on any atom is -0.385 e. The van der Waals surface area contributed by atoms with Gasteiger partial charge >= 0.3 is 0 Å². The third-order valence-electron chi connectivity index (χ3n) is 2.04. The fraction of sp³-hybridized carbons (Fsp3) is 0.400. The summed E-state index contributed by atoms with van der Waals surface area (Å²) in [6.07, 6.45) is 1.18. The number of amides is 1. The van der Waals surface area contributed by atoms with Gasteiger partial charge in [0.25, 0.3) is 5.91 Å². The van der Waals surface area contributed by atoms with Crippen molar-refractivity contribution in [3.05, 3.63) is 27.7 Å². The molecule has 0 bridgehead atoms. The maximum atomic E-state index is 13.2. The number of nitrogens with two attached hydrogens (primary N) is 1. The number of carbonyl (C=O) groups is 1. The van der Waals surface area contributed by atoms with Crippen molar-refractivity contribution in [3.63, 3.8) is 0 Å². The van der Waals surface area contributed by atoms with E-state index in [1.165, 1.54) is 6.07 Å². The molecule has 2 N–H and O–H groups in total. The number of hydrogen-bond acceptors (Lipinski definition) is 3. The molecular formula is C10H12BrFN2O2. The van der Waals surface area contributed by atoms with Gasteiger partial charge in [-0.3, -0.25) is 4.79 Å². The van der Waals surface area contributed by atoms with Crippen LogP contribution in [0.5, 0.6) is 0 Å². The molecule has 0 radical (unpaired) electrons. The van der Waals surface area contributed by atoms with Gasteiger partial charge < -0.3 is 10.5 Å². The van der Waals surface area contributed by atoms with Gasteiger partial charge in [-0.05, 0) is 40.4 Å². The lowest BCUT2D eigenvalue weighted by Crippen LogP contribution is -2.17. The molecule has 0 fully saturated rings. The molecule has 0 unspecified atom stereocenters. The molecule has 1 heterocycles. The van der Waals surface area contributed by atoms with Crippen LogP contribution in [0.15, 0.2) is 10.7 Å². The van der Waals surface area contributed by atoms with E-state index >= 15 is 0 Å². The molecule has 4 nitrogen and oxygen atoms in total. The largest absolute Gasteiger partial charge is 0.385 e. The van der Waals surface area contributed by atoms with Crippen LogP contribution in [0.3, 0.4) is 0 Å². The summed E-state index contributed by atoms with van der Waals surface area (Å²) in [5.41, 5.74) is 5.77. The number of methoxy groups -OCH3 is 1. The summed E-state index contributed by atoms with van der Waals surface area (Å²) in [4.78, 5) is 14.9. The third-order valence-corrected chi connectivity index (χ3v) is 2.60. The Kier molecular flexibility index (Phi) is 4.82. The average molecular weight is 291 g/mol. The fourth-order valence-corrected chi connectivity index (χ4v) is 1.61. The van der Waals surface area contributed by atoms with Gasteiger partial charge in [0.2, 0.25) is 0 Å². The second-order valence-corrected chi connectivity index (χ2v) is 3.98. The van der Waals surface area contributed by atoms with Crippen LogP contribution in [0, 0.1) is 5.82 Å². The molecule has 0 aromatic carbocycles. The van der Waals surface area contributed by atoms with Gasteiger partial charge in [-0.1, -0.05) is 0 Å². The van der Waals surface area contributed by atoms with Crippen LogP contribution in [-0.4, -0.2) is 24.6 Å². The number of aromatic nitrogens is 1. The zero-order chi connectivity index (χ0) is 12.1. The predicted molar refractivity (Wildman–Crippen MR) is 60.6 cm³/mol. The molecule has 0 saturated carbocycles. The molecule has 6 heteroatoms. The Morgan fingerprint density at radius 2 is 2.38 bits per heavy atom. The summed E-state index contributed by atoms with van der Waals surface area (Å²) in [7, 11) is 1.58. The molecule has 1 amide bonds. The van der Waals surface area contributed by atoms with Crippen LogP contribution in [-0.2, 0) is 11.2 Å². The van der Waals surface area contributed by atoms with E-state index in [9.17, 15) is 9.18 Å². The smallest absolute Gasteiger partial charge is 0.267 e. The molecule has 16 heavy (non-hydrogen) atoms. The van der Waals surface area contributed by atoms with E-state index in [0.717, 1.165) is 0 Å². The quantitative estimate of drug-likeness (QED) is 0.663. The highest BCUT2D eigenvalue weighted by Gasteiger charge is 2.14. The first-order valence-electron chi connectivity index (χ1n) is 4.70. The van der Waals surface area contributed by atoms with E-state index in [0.29, 0.717) is 25.0 Å². The molecule has 88 valence electrons. The van der Waals surface area contributed by atoms with Crippen LogP contribution in [0.4, 0.5) is 4.39 Å². The number of halogens is 2. The zero-order valence-electron chi connectivity index (χ0n) is 8.80. The lowest BCUT2D eigenvalue weighted by atomic mass is 10.1. The average Bonchev–Trinajstić information content (AvgIpc) is 2.23. The van der Waals surface area contributed by atoms with Gasteiger partial charge in [0.15, 0.2) is 5.82 Å². The van der Waals surface area contributed by atoms with Gasteiger partial charge in [0, 0.05) is 13.7 Å². The molecule has 1 aromatic rings. The summed E-state index contributed by atoms with van der Waals surface area (Å²) in [6.45, 7) is 0.538. The monoisotopic (exact) mass is 290 g/mol. The molecule has 0 aliphatic carbocycles. The van der Waals surface area contributed by atoms with E-state index in [4.69, 9.17) is 10.5 Å². The van der Waals surface area contributed by atoms with E-state index in [1.807, 2.05) is 0 Å². The SMILES string of the molecule is COCCCc1cc(F)c(Br)nc1C(N)=O. The van der Waals surface area contributed by atoms with Crippen molar-refractivity contribution in [1.29, 1.82) is 0 Å². The minimum atomic E-state index is -0.659. The van der Waals surface area contributed by atoms with Crippen LogP contribution in [0.2, 0.25) is 0 Å². The number of carbonyl (C=O) groups excluding carboxylic acids is 1. The van der Waals surface area contributed by atoms with Crippen molar-refractivity contribution in [2.45, 2.75) is 12.8 Å². The summed E-state index contributed by atoms with van der Waals surface area (Å²) >= 11 is 2.91. The van der Waals surface area contributed by atoms with Crippen LogP contribution in [0.1, 0.15) is 22.5 Å². The van der Waals surface area contributed by atoms with Gasteiger partial charge in [0.05, 0.1) is 0 Å². The number of rotatable bonds is 5. The van der Waals surface area contributed by atoms with Crippen molar-refractivity contribution < 1.29 is 13.9 Å². The number of aryl methyl sites for hydroxylation is 1. The Labute approximate surface area is 101 Å². The lowest BCUT2D eigenvalue weighted by Gasteiger charge is -2.07. The second-order valence-electron chi connectivity index (χ2n) is 3.23. The van der Waals surface area contributed by atoms with Crippen molar-refractivity contribution in [1.82, 2.24) is 4.98 Å². The Hall–Kier alpha value is -1.01. The van der Waals surface area contributed by atoms with E-state index < -0.39 is 11.7 Å².